The maximum Gasteiger partial charge on any atom is 0.312 e. The Kier molecular flexibility index (Phi) is 5.57. The van der Waals surface area contributed by atoms with Gasteiger partial charge in [-0.3, -0.25) is 14.4 Å². The van der Waals surface area contributed by atoms with Crippen molar-refractivity contribution in [3.05, 3.63) is 12.2 Å². The number of hydrogen-bond donors (Lipinski definition) is 1. The van der Waals surface area contributed by atoms with E-state index in [1.807, 2.05) is 13.8 Å². The van der Waals surface area contributed by atoms with Crippen molar-refractivity contribution < 1.29 is 14.4 Å². The van der Waals surface area contributed by atoms with Crippen molar-refractivity contribution in [3.8, 4) is 0 Å². The van der Waals surface area contributed by atoms with Gasteiger partial charge >= 0.3 is 11.8 Å². The minimum absolute atomic E-state index is 0.0567. The topological polar surface area (TPSA) is 69.7 Å². The van der Waals surface area contributed by atoms with E-state index in [4.69, 9.17) is 0 Å². The predicted molar refractivity (Wildman–Crippen MR) is 82.9 cm³/mol. The molecule has 6 heteroatoms. The Morgan fingerprint density at radius 1 is 1.14 bits per heavy atom. The summed E-state index contributed by atoms with van der Waals surface area (Å²) in [4.78, 5) is 39.2. The molecule has 1 saturated heterocycles. The fourth-order valence-corrected chi connectivity index (χ4v) is 2.85. The van der Waals surface area contributed by atoms with Crippen molar-refractivity contribution in [3.63, 3.8) is 0 Å². The molecule has 1 heterocycles. The van der Waals surface area contributed by atoms with Gasteiger partial charge in [0.25, 0.3) is 0 Å². The molecule has 0 aromatic rings. The zero-order chi connectivity index (χ0) is 16.1. The number of allylic oxidation sites excluding steroid dienone is 2. The molecule has 0 radical (unpaired) electrons. The number of rotatable bonds is 3. The molecule has 122 valence electrons. The molecule has 1 N–H and O–H groups in total. The van der Waals surface area contributed by atoms with Crippen LogP contribution in [0.4, 0.5) is 0 Å². The van der Waals surface area contributed by atoms with Crippen molar-refractivity contribution in [1.82, 2.24) is 15.1 Å². The third kappa shape index (κ3) is 4.32. The lowest BCUT2D eigenvalue weighted by Gasteiger charge is -2.34. The molecule has 0 spiro atoms. The maximum absolute atomic E-state index is 12.2. The molecule has 2 aliphatic rings. The Morgan fingerprint density at radius 3 is 2.32 bits per heavy atom. The smallest absolute Gasteiger partial charge is 0.312 e. The van der Waals surface area contributed by atoms with E-state index < -0.39 is 11.8 Å². The summed E-state index contributed by atoms with van der Waals surface area (Å²) in [5.41, 5.74) is 0. The minimum Gasteiger partial charge on any atom is -0.346 e. The minimum atomic E-state index is -0.564. The SMILES string of the molecule is CC(C)NC(=O)C(=O)N1CCN(C(=O)C[C@H]2C=CCC2)CC1. The lowest BCUT2D eigenvalue weighted by atomic mass is 10.0. The van der Waals surface area contributed by atoms with Gasteiger partial charge in [0.15, 0.2) is 0 Å². The molecule has 1 aliphatic heterocycles. The van der Waals surface area contributed by atoms with Gasteiger partial charge in [-0.15, -0.1) is 0 Å². The third-order valence-electron chi connectivity index (χ3n) is 4.08. The van der Waals surface area contributed by atoms with Crippen LogP contribution in [0.3, 0.4) is 0 Å². The van der Waals surface area contributed by atoms with Crippen LogP contribution in [0, 0.1) is 5.92 Å². The van der Waals surface area contributed by atoms with Crippen LogP contribution in [0.1, 0.15) is 33.1 Å². The van der Waals surface area contributed by atoms with Gasteiger partial charge in [-0.05, 0) is 32.6 Å². The molecule has 3 amide bonds. The summed E-state index contributed by atoms with van der Waals surface area (Å²) in [6.07, 6.45) is 6.92. The molecule has 1 atom stereocenters. The molecular weight excluding hydrogens is 282 g/mol. The summed E-state index contributed by atoms with van der Waals surface area (Å²) in [7, 11) is 0. The van der Waals surface area contributed by atoms with Crippen LogP contribution >= 0.6 is 0 Å². The Labute approximate surface area is 131 Å². The zero-order valence-corrected chi connectivity index (χ0v) is 13.4. The van der Waals surface area contributed by atoms with E-state index in [0.717, 1.165) is 12.8 Å². The molecule has 0 saturated carbocycles. The third-order valence-corrected chi connectivity index (χ3v) is 4.08. The molecule has 0 aromatic carbocycles. The summed E-state index contributed by atoms with van der Waals surface area (Å²) < 4.78 is 0. The Balaban J connectivity index is 1.77. The van der Waals surface area contributed by atoms with Crippen LogP contribution < -0.4 is 5.32 Å². The standard InChI is InChI=1S/C16H25N3O3/c1-12(2)17-15(21)16(22)19-9-7-18(8-10-19)14(20)11-13-5-3-4-6-13/h3,5,12-13H,4,6-11H2,1-2H3,(H,17,21)/t13-/m0/s1. The van der Waals surface area contributed by atoms with Crippen LogP contribution in [-0.4, -0.2) is 59.7 Å². The summed E-state index contributed by atoms with van der Waals surface area (Å²) in [6, 6.07) is -0.0567. The quantitative estimate of drug-likeness (QED) is 0.611. The average Bonchev–Trinajstić information content (AvgIpc) is 2.98. The molecule has 0 aromatic heterocycles. The first-order chi connectivity index (χ1) is 10.5. The fraction of sp³-hybridized carbons (Fsp3) is 0.688. The molecule has 1 fully saturated rings. The molecular formula is C16H25N3O3. The number of hydrogen-bond acceptors (Lipinski definition) is 3. The van der Waals surface area contributed by atoms with Gasteiger partial charge in [0.05, 0.1) is 0 Å². The van der Waals surface area contributed by atoms with Crippen LogP contribution in [0.2, 0.25) is 0 Å². The second kappa shape index (κ2) is 7.42. The first-order valence-corrected chi connectivity index (χ1v) is 8.01. The summed E-state index contributed by atoms with van der Waals surface area (Å²) in [6.45, 7) is 5.51. The molecule has 22 heavy (non-hydrogen) atoms. The monoisotopic (exact) mass is 307 g/mol. The summed E-state index contributed by atoms with van der Waals surface area (Å²) in [5, 5.41) is 2.60. The molecule has 0 bridgehead atoms. The van der Waals surface area contributed by atoms with E-state index in [-0.39, 0.29) is 11.9 Å². The normalized spacial score (nSPS) is 21.3. The van der Waals surface area contributed by atoms with E-state index in [2.05, 4.69) is 17.5 Å². The second-order valence-electron chi connectivity index (χ2n) is 6.27. The van der Waals surface area contributed by atoms with Gasteiger partial charge < -0.3 is 15.1 Å². The number of nitrogens with zero attached hydrogens (tertiary/aromatic N) is 2. The van der Waals surface area contributed by atoms with Crippen LogP contribution in [0.15, 0.2) is 12.2 Å². The zero-order valence-electron chi connectivity index (χ0n) is 13.4. The highest BCUT2D eigenvalue weighted by Gasteiger charge is 2.28. The Morgan fingerprint density at radius 2 is 1.77 bits per heavy atom. The van der Waals surface area contributed by atoms with E-state index in [1.165, 1.54) is 4.90 Å². The van der Waals surface area contributed by atoms with Crippen molar-refractivity contribution >= 4 is 17.7 Å². The van der Waals surface area contributed by atoms with Crippen LogP contribution in [-0.2, 0) is 14.4 Å². The van der Waals surface area contributed by atoms with E-state index in [9.17, 15) is 14.4 Å². The van der Waals surface area contributed by atoms with E-state index in [0.29, 0.717) is 38.5 Å². The number of carbonyl (C=O) groups excluding carboxylic acids is 3. The van der Waals surface area contributed by atoms with Gasteiger partial charge in [0.1, 0.15) is 0 Å². The largest absolute Gasteiger partial charge is 0.346 e. The van der Waals surface area contributed by atoms with Gasteiger partial charge in [0, 0.05) is 38.6 Å². The number of amides is 3. The lowest BCUT2D eigenvalue weighted by Crippen LogP contribution is -2.54. The van der Waals surface area contributed by atoms with Crippen LogP contribution in [0.5, 0.6) is 0 Å². The first kappa shape index (κ1) is 16.5. The number of piperazine rings is 1. The highest BCUT2D eigenvalue weighted by Crippen LogP contribution is 2.21. The van der Waals surface area contributed by atoms with Crippen LogP contribution in [0.25, 0.3) is 0 Å². The number of carbonyl (C=O) groups is 3. The predicted octanol–water partition coefficient (Wildman–Crippen LogP) is 0.538. The Bertz CT molecular complexity index is 465. The summed E-state index contributed by atoms with van der Waals surface area (Å²) >= 11 is 0. The lowest BCUT2D eigenvalue weighted by molar-refractivity contribution is -0.148. The Hall–Kier alpha value is -1.85. The summed E-state index contributed by atoms with van der Waals surface area (Å²) in [5.74, 6) is -0.551. The first-order valence-electron chi connectivity index (χ1n) is 8.01. The van der Waals surface area contributed by atoms with Crippen molar-refractivity contribution in [1.29, 1.82) is 0 Å². The number of nitrogens with one attached hydrogen (secondary N) is 1. The van der Waals surface area contributed by atoms with Crippen molar-refractivity contribution in [2.45, 2.75) is 39.2 Å². The molecule has 6 nitrogen and oxygen atoms in total. The average molecular weight is 307 g/mol. The van der Waals surface area contributed by atoms with E-state index in [1.54, 1.807) is 4.90 Å². The highest BCUT2D eigenvalue weighted by molar-refractivity contribution is 6.35. The molecule has 0 unspecified atom stereocenters. The fourth-order valence-electron chi connectivity index (χ4n) is 2.85. The van der Waals surface area contributed by atoms with Gasteiger partial charge in [-0.25, -0.2) is 0 Å². The molecule has 2 rings (SSSR count). The van der Waals surface area contributed by atoms with Crippen molar-refractivity contribution in [2.75, 3.05) is 26.2 Å². The van der Waals surface area contributed by atoms with Gasteiger partial charge in [0.2, 0.25) is 5.91 Å². The second-order valence-corrected chi connectivity index (χ2v) is 6.27. The maximum atomic E-state index is 12.2. The van der Waals surface area contributed by atoms with Gasteiger partial charge in [-0.2, -0.15) is 0 Å². The van der Waals surface area contributed by atoms with Crippen molar-refractivity contribution in [2.24, 2.45) is 5.92 Å². The van der Waals surface area contributed by atoms with Gasteiger partial charge in [-0.1, -0.05) is 12.2 Å². The highest BCUT2D eigenvalue weighted by atomic mass is 16.2. The van der Waals surface area contributed by atoms with E-state index >= 15 is 0 Å². The molecule has 1 aliphatic carbocycles.